The summed E-state index contributed by atoms with van der Waals surface area (Å²) in [4.78, 5) is 22.1. The Morgan fingerprint density at radius 2 is 1.61 bits per heavy atom. The summed E-state index contributed by atoms with van der Waals surface area (Å²) in [6, 6.07) is 8.49. The van der Waals surface area contributed by atoms with E-state index in [-0.39, 0.29) is 11.8 Å². The van der Waals surface area contributed by atoms with Crippen molar-refractivity contribution in [2.75, 3.05) is 19.8 Å². The molecule has 0 aromatic heterocycles. The zero-order valence-corrected chi connectivity index (χ0v) is 13.1. The second kappa shape index (κ2) is 10.7. The molecule has 0 fully saturated rings. The molecular formula is C15H25N3O5. The summed E-state index contributed by atoms with van der Waals surface area (Å²) in [5.41, 5.74) is 9.72. The summed E-state index contributed by atoms with van der Waals surface area (Å²) in [6.07, 6.45) is 0.628. The number of imide groups is 1. The summed E-state index contributed by atoms with van der Waals surface area (Å²) in [7, 11) is 0. The number of primary amides is 1. The molecule has 0 saturated carbocycles. The number of aliphatic hydroxyl groups excluding tert-OH is 3. The van der Waals surface area contributed by atoms with E-state index in [1.54, 1.807) is 0 Å². The number of carbonyl (C=O) groups is 2. The summed E-state index contributed by atoms with van der Waals surface area (Å²) in [5, 5.41) is 27.1. The summed E-state index contributed by atoms with van der Waals surface area (Å²) >= 11 is 0. The molecule has 0 saturated heterocycles. The third-order valence-electron chi connectivity index (χ3n) is 3.12. The number of benzene rings is 1. The minimum absolute atomic E-state index is 0.321. The molecule has 8 N–H and O–H groups in total. The van der Waals surface area contributed by atoms with Crippen LogP contribution in [0.3, 0.4) is 0 Å². The molecule has 8 heteroatoms. The van der Waals surface area contributed by atoms with Gasteiger partial charge in [-0.25, -0.2) is 4.79 Å². The minimum Gasteiger partial charge on any atom is -0.394 e. The van der Waals surface area contributed by atoms with Crippen LogP contribution in [0.15, 0.2) is 30.3 Å². The summed E-state index contributed by atoms with van der Waals surface area (Å²) in [6.45, 7) is 0.679. The molecule has 130 valence electrons. The van der Waals surface area contributed by atoms with Crippen molar-refractivity contribution in [3.63, 3.8) is 0 Å². The van der Waals surface area contributed by atoms with Crippen molar-refractivity contribution >= 4 is 11.9 Å². The van der Waals surface area contributed by atoms with Crippen molar-refractivity contribution in [2.24, 2.45) is 11.5 Å². The van der Waals surface area contributed by atoms with E-state index >= 15 is 0 Å². The molecule has 0 aliphatic carbocycles. The van der Waals surface area contributed by atoms with Gasteiger partial charge in [0.15, 0.2) is 0 Å². The van der Waals surface area contributed by atoms with Gasteiger partial charge < -0.3 is 26.8 Å². The van der Waals surface area contributed by atoms with Gasteiger partial charge >= 0.3 is 6.03 Å². The van der Waals surface area contributed by atoms with Crippen LogP contribution in [0.2, 0.25) is 0 Å². The molecular weight excluding hydrogens is 302 g/mol. The Morgan fingerprint density at radius 3 is 1.91 bits per heavy atom. The fraction of sp³-hybridized carbons (Fsp3) is 0.467. The van der Waals surface area contributed by atoms with E-state index in [9.17, 15) is 9.59 Å². The molecule has 0 aliphatic rings. The van der Waals surface area contributed by atoms with Crippen molar-refractivity contribution in [3.05, 3.63) is 35.9 Å². The number of hydrogen-bond donors (Lipinski definition) is 6. The highest BCUT2D eigenvalue weighted by Crippen LogP contribution is 2.18. The van der Waals surface area contributed by atoms with Crippen LogP contribution in [0, 0.1) is 0 Å². The van der Waals surface area contributed by atoms with E-state index in [0.29, 0.717) is 6.42 Å². The van der Waals surface area contributed by atoms with Crippen LogP contribution in [0.4, 0.5) is 4.79 Å². The van der Waals surface area contributed by atoms with Crippen molar-refractivity contribution in [1.29, 1.82) is 0 Å². The lowest BCUT2D eigenvalue weighted by atomic mass is 9.96. The first-order valence-corrected chi connectivity index (χ1v) is 7.10. The van der Waals surface area contributed by atoms with Gasteiger partial charge in [0.05, 0.1) is 31.3 Å². The molecule has 0 bridgehead atoms. The third kappa shape index (κ3) is 7.71. The third-order valence-corrected chi connectivity index (χ3v) is 3.12. The molecule has 0 heterocycles. The smallest absolute Gasteiger partial charge is 0.318 e. The minimum atomic E-state index is -1.21. The molecule has 1 aromatic carbocycles. The fourth-order valence-corrected chi connectivity index (χ4v) is 1.62. The van der Waals surface area contributed by atoms with Crippen LogP contribution >= 0.6 is 0 Å². The molecule has 0 radical (unpaired) electrons. The second-order valence-electron chi connectivity index (χ2n) is 5.06. The molecule has 8 nitrogen and oxygen atoms in total. The monoisotopic (exact) mass is 327 g/mol. The van der Waals surface area contributed by atoms with Gasteiger partial charge in [0.2, 0.25) is 5.91 Å². The highest BCUT2D eigenvalue weighted by atomic mass is 16.3. The number of urea groups is 1. The van der Waals surface area contributed by atoms with Gasteiger partial charge in [-0.3, -0.25) is 10.1 Å². The maximum Gasteiger partial charge on any atom is 0.318 e. The van der Waals surface area contributed by atoms with Crippen LogP contribution < -0.4 is 16.8 Å². The standard InChI is InChI=1S/C11H14N2O2.C4H11NO3/c1-2-9(10(14)13-11(12)15)8-6-4-3-5-7-8;5-4(1-6,2-7)3-8/h3-7,9H,2H2,1H3,(H3,12,13,14,15);6-8H,1-3,5H2. The highest BCUT2D eigenvalue weighted by Gasteiger charge is 2.21. The number of nitrogens with one attached hydrogen (secondary N) is 1. The highest BCUT2D eigenvalue weighted by molar-refractivity contribution is 5.96. The maximum absolute atomic E-state index is 11.6. The van der Waals surface area contributed by atoms with Gasteiger partial charge in [-0.2, -0.15) is 0 Å². The van der Waals surface area contributed by atoms with Crippen LogP contribution in [0.1, 0.15) is 24.8 Å². The quantitative estimate of drug-likeness (QED) is 0.394. The maximum atomic E-state index is 11.6. The number of hydrogen-bond acceptors (Lipinski definition) is 6. The summed E-state index contributed by atoms with van der Waals surface area (Å²) < 4.78 is 0. The molecule has 1 rings (SSSR count). The van der Waals surface area contributed by atoms with Gasteiger partial charge in [0, 0.05) is 0 Å². The average molecular weight is 327 g/mol. The van der Waals surface area contributed by atoms with E-state index in [0.717, 1.165) is 5.56 Å². The van der Waals surface area contributed by atoms with Gasteiger partial charge in [0.25, 0.3) is 0 Å². The second-order valence-corrected chi connectivity index (χ2v) is 5.06. The molecule has 3 amide bonds. The average Bonchev–Trinajstić information content (AvgIpc) is 2.56. The van der Waals surface area contributed by atoms with E-state index < -0.39 is 31.4 Å². The van der Waals surface area contributed by atoms with Crippen LogP contribution in [0.5, 0.6) is 0 Å². The van der Waals surface area contributed by atoms with Gasteiger partial charge in [0.1, 0.15) is 0 Å². The fourth-order valence-electron chi connectivity index (χ4n) is 1.62. The molecule has 1 atom stereocenters. The largest absolute Gasteiger partial charge is 0.394 e. The molecule has 0 spiro atoms. The zero-order valence-electron chi connectivity index (χ0n) is 13.1. The first-order valence-electron chi connectivity index (χ1n) is 7.10. The normalized spacial score (nSPS) is 11.9. The number of nitrogens with two attached hydrogens (primary N) is 2. The molecule has 1 unspecified atom stereocenters. The van der Waals surface area contributed by atoms with Gasteiger partial charge in [-0.15, -0.1) is 0 Å². The van der Waals surface area contributed by atoms with E-state index in [1.165, 1.54) is 0 Å². The Hall–Kier alpha value is -2.00. The van der Waals surface area contributed by atoms with Crippen LogP contribution in [0.25, 0.3) is 0 Å². The van der Waals surface area contributed by atoms with E-state index in [2.05, 4.69) is 5.32 Å². The Balaban J connectivity index is 0.000000515. The Morgan fingerprint density at radius 1 is 1.13 bits per heavy atom. The number of carbonyl (C=O) groups excluding carboxylic acids is 2. The van der Waals surface area contributed by atoms with E-state index in [1.807, 2.05) is 37.3 Å². The SMILES string of the molecule is CCC(C(=O)NC(N)=O)c1ccccc1.NC(CO)(CO)CO. The lowest BCUT2D eigenvalue weighted by Gasteiger charge is -2.20. The van der Waals surface area contributed by atoms with Crippen molar-refractivity contribution < 1.29 is 24.9 Å². The van der Waals surface area contributed by atoms with Gasteiger partial charge in [-0.1, -0.05) is 37.3 Å². The molecule has 23 heavy (non-hydrogen) atoms. The topological polar surface area (TPSA) is 159 Å². The first kappa shape index (κ1) is 21.0. The lowest BCUT2D eigenvalue weighted by Crippen LogP contribution is -2.50. The van der Waals surface area contributed by atoms with Crippen molar-refractivity contribution in [1.82, 2.24) is 5.32 Å². The number of aliphatic hydroxyl groups is 3. The van der Waals surface area contributed by atoms with Crippen molar-refractivity contribution in [3.8, 4) is 0 Å². The summed E-state index contributed by atoms with van der Waals surface area (Å²) in [5.74, 6) is -0.671. The Bertz CT molecular complexity index is 469. The van der Waals surface area contributed by atoms with Crippen molar-refractivity contribution in [2.45, 2.75) is 24.8 Å². The molecule has 1 aromatic rings. The number of amides is 3. The molecule has 0 aliphatic heterocycles. The lowest BCUT2D eigenvalue weighted by molar-refractivity contribution is -0.121. The Kier molecular flexibility index (Phi) is 9.75. The zero-order chi connectivity index (χ0) is 17.9. The van der Waals surface area contributed by atoms with E-state index in [4.69, 9.17) is 26.8 Å². The van der Waals surface area contributed by atoms with Crippen LogP contribution in [-0.2, 0) is 4.79 Å². The predicted octanol–water partition coefficient (Wildman–Crippen LogP) is -0.964. The van der Waals surface area contributed by atoms with Crippen LogP contribution in [-0.4, -0.2) is 52.6 Å². The first-order chi connectivity index (χ1) is 10.8. The Labute approximate surface area is 135 Å². The predicted molar refractivity (Wildman–Crippen MR) is 85.4 cm³/mol. The number of rotatable bonds is 6. The van der Waals surface area contributed by atoms with Gasteiger partial charge in [-0.05, 0) is 12.0 Å².